The van der Waals surface area contributed by atoms with Gasteiger partial charge in [0.2, 0.25) is 0 Å². The van der Waals surface area contributed by atoms with Gasteiger partial charge in [-0.3, -0.25) is 0 Å². The van der Waals surface area contributed by atoms with Gasteiger partial charge in [-0.05, 0) is 25.1 Å². The third kappa shape index (κ3) is 2.30. The van der Waals surface area contributed by atoms with Gasteiger partial charge < -0.3 is 4.74 Å². The SMILES string of the molecule is Cc1nn2cccnc2c1C(=O)Oc1ccc(Cl)c2ccccc12. The number of halogens is 1. The molecule has 0 radical (unpaired) electrons. The van der Waals surface area contributed by atoms with E-state index in [2.05, 4.69) is 10.1 Å². The lowest BCUT2D eigenvalue weighted by atomic mass is 10.1. The number of aryl methyl sites for hydroxylation is 1. The van der Waals surface area contributed by atoms with E-state index in [9.17, 15) is 4.79 Å². The zero-order valence-corrected chi connectivity index (χ0v) is 13.5. The average Bonchev–Trinajstić information content (AvgIpc) is 2.93. The van der Waals surface area contributed by atoms with Crippen molar-refractivity contribution in [2.75, 3.05) is 0 Å². The predicted molar refractivity (Wildman–Crippen MR) is 91.6 cm³/mol. The summed E-state index contributed by atoms with van der Waals surface area (Å²) >= 11 is 6.20. The fraction of sp³-hybridized carbons (Fsp3) is 0.0556. The van der Waals surface area contributed by atoms with Crippen molar-refractivity contribution in [3.63, 3.8) is 0 Å². The van der Waals surface area contributed by atoms with E-state index in [0.717, 1.165) is 10.8 Å². The van der Waals surface area contributed by atoms with Gasteiger partial charge in [0.15, 0.2) is 5.65 Å². The third-order valence-electron chi connectivity index (χ3n) is 3.81. The topological polar surface area (TPSA) is 56.5 Å². The molecule has 0 spiro atoms. The first-order valence-corrected chi connectivity index (χ1v) is 7.72. The molecule has 0 saturated heterocycles. The molecule has 2 aromatic heterocycles. The largest absolute Gasteiger partial charge is 0.422 e. The molecule has 0 amide bonds. The number of aromatic nitrogens is 3. The van der Waals surface area contributed by atoms with Crippen molar-refractivity contribution >= 4 is 34.0 Å². The molecule has 5 nitrogen and oxygen atoms in total. The number of hydrogen-bond acceptors (Lipinski definition) is 4. The summed E-state index contributed by atoms with van der Waals surface area (Å²) in [6.07, 6.45) is 3.36. The highest BCUT2D eigenvalue weighted by Crippen LogP contribution is 2.32. The number of benzene rings is 2. The minimum absolute atomic E-state index is 0.356. The van der Waals surface area contributed by atoms with Crippen LogP contribution in [0.4, 0.5) is 0 Å². The second-order valence-electron chi connectivity index (χ2n) is 5.33. The van der Waals surface area contributed by atoms with Gasteiger partial charge in [-0.1, -0.05) is 35.9 Å². The number of carbonyl (C=O) groups excluding carboxylic acids is 1. The van der Waals surface area contributed by atoms with E-state index < -0.39 is 5.97 Å². The van der Waals surface area contributed by atoms with Crippen LogP contribution in [0, 0.1) is 6.92 Å². The zero-order valence-electron chi connectivity index (χ0n) is 12.7. The first-order chi connectivity index (χ1) is 11.6. The van der Waals surface area contributed by atoms with Crippen LogP contribution in [-0.4, -0.2) is 20.6 Å². The number of fused-ring (bicyclic) bond motifs is 2. The Hall–Kier alpha value is -2.92. The lowest BCUT2D eigenvalue weighted by Gasteiger charge is -2.08. The van der Waals surface area contributed by atoms with E-state index >= 15 is 0 Å². The van der Waals surface area contributed by atoms with Crippen molar-refractivity contribution in [2.24, 2.45) is 0 Å². The molecule has 0 N–H and O–H groups in total. The molecule has 0 atom stereocenters. The second-order valence-corrected chi connectivity index (χ2v) is 5.74. The maximum atomic E-state index is 12.7. The molecule has 2 aromatic carbocycles. The summed E-state index contributed by atoms with van der Waals surface area (Å²) in [6, 6.07) is 12.7. The molecule has 0 fully saturated rings. The Bertz CT molecular complexity index is 1090. The summed E-state index contributed by atoms with van der Waals surface area (Å²) in [7, 11) is 0. The molecule has 0 aliphatic heterocycles. The number of rotatable bonds is 2. The fourth-order valence-corrected chi connectivity index (χ4v) is 2.94. The molecule has 2 heterocycles. The van der Waals surface area contributed by atoms with E-state index in [0.29, 0.717) is 27.7 Å². The van der Waals surface area contributed by atoms with Crippen molar-refractivity contribution < 1.29 is 9.53 Å². The van der Waals surface area contributed by atoms with Crippen LogP contribution >= 0.6 is 11.6 Å². The molecule has 4 aromatic rings. The third-order valence-corrected chi connectivity index (χ3v) is 4.14. The van der Waals surface area contributed by atoms with Crippen molar-refractivity contribution in [1.82, 2.24) is 14.6 Å². The maximum absolute atomic E-state index is 12.7. The van der Waals surface area contributed by atoms with E-state index in [4.69, 9.17) is 16.3 Å². The Balaban J connectivity index is 1.80. The summed E-state index contributed by atoms with van der Waals surface area (Å²) in [5, 5.41) is 6.51. The van der Waals surface area contributed by atoms with Gasteiger partial charge in [0, 0.05) is 28.2 Å². The Kier molecular flexibility index (Phi) is 3.43. The molecule has 0 unspecified atom stereocenters. The van der Waals surface area contributed by atoms with Gasteiger partial charge in [-0.25, -0.2) is 14.3 Å². The Morgan fingerprint density at radius 3 is 2.75 bits per heavy atom. The van der Waals surface area contributed by atoms with E-state index in [-0.39, 0.29) is 0 Å². The molecule has 0 aliphatic carbocycles. The monoisotopic (exact) mass is 337 g/mol. The smallest absolute Gasteiger partial charge is 0.349 e. The minimum atomic E-state index is -0.492. The van der Waals surface area contributed by atoms with Crippen LogP contribution < -0.4 is 4.74 Å². The first-order valence-electron chi connectivity index (χ1n) is 7.34. The number of esters is 1. The molecule has 6 heteroatoms. The number of nitrogens with zero attached hydrogens (tertiary/aromatic N) is 3. The lowest BCUT2D eigenvalue weighted by Crippen LogP contribution is -2.10. The minimum Gasteiger partial charge on any atom is -0.422 e. The molecule has 24 heavy (non-hydrogen) atoms. The molecule has 118 valence electrons. The number of carbonyl (C=O) groups is 1. The van der Waals surface area contributed by atoms with Crippen molar-refractivity contribution in [2.45, 2.75) is 6.92 Å². The van der Waals surface area contributed by atoms with Gasteiger partial charge in [0.05, 0.1) is 5.69 Å². The summed E-state index contributed by atoms with van der Waals surface area (Å²) < 4.78 is 7.19. The van der Waals surface area contributed by atoms with Crippen LogP contribution in [-0.2, 0) is 0 Å². The van der Waals surface area contributed by atoms with E-state index in [1.165, 1.54) is 0 Å². The van der Waals surface area contributed by atoms with Crippen LogP contribution in [0.25, 0.3) is 16.4 Å². The molecule has 4 rings (SSSR count). The highest BCUT2D eigenvalue weighted by atomic mass is 35.5. The van der Waals surface area contributed by atoms with Crippen molar-refractivity contribution in [1.29, 1.82) is 0 Å². The quantitative estimate of drug-likeness (QED) is 0.409. The summed E-state index contributed by atoms with van der Waals surface area (Å²) in [5.74, 6) is -0.0386. The molecule has 0 saturated carbocycles. The Morgan fingerprint density at radius 1 is 1.12 bits per heavy atom. The van der Waals surface area contributed by atoms with Crippen molar-refractivity contribution in [3.8, 4) is 5.75 Å². The Morgan fingerprint density at radius 2 is 1.92 bits per heavy atom. The maximum Gasteiger partial charge on any atom is 0.349 e. The van der Waals surface area contributed by atoms with Gasteiger partial charge in [0.1, 0.15) is 11.3 Å². The normalized spacial score (nSPS) is 11.1. The lowest BCUT2D eigenvalue weighted by molar-refractivity contribution is 0.0738. The number of hydrogen-bond donors (Lipinski definition) is 0. The van der Waals surface area contributed by atoms with E-state index in [1.54, 1.807) is 42.0 Å². The van der Waals surface area contributed by atoms with Gasteiger partial charge in [-0.2, -0.15) is 5.10 Å². The van der Waals surface area contributed by atoms with Crippen LogP contribution in [0.2, 0.25) is 5.02 Å². The average molecular weight is 338 g/mol. The fourth-order valence-electron chi connectivity index (χ4n) is 2.71. The summed E-state index contributed by atoms with van der Waals surface area (Å²) in [6.45, 7) is 1.76. The first kappa shape index (κ1) is 14.7. The molecular weight excluding hydrogens is 326 g/mol. The highest BCUT2D eigenvalue weighted by molar-refractivity contribution is 6.35. The van der Waals surface area contributed by atoms with Crippen LogP contribution in [0.3, 0.4) is 0 Å². The van der Waals surface area contributed by atoms with E-state index in [1.807, 2.05) is 24.3 Å². The van der Waals surface area contributed by atoms with Crippen LogP contribution in [0.15, 0.2) is 54.9 Å². The van der Waals surface area contributed by atoms with Crippen LogP contribution in [0.1, 0.15) is 16.1 Å². The predicted octanol–water partition coefficient (Wildman–Crippen LogP) is 4.06. The highest BCUT2D eigenvalue weighted by Gasteiger charge is 2.21. The second kappa shape index (κ2) is 5.62. The Labute approximate surface area is 142 Å². The molecule has 0 bridgehead atoms. The van der Waals surface area contributed by atoms with Gasteiger partial charge >= 0.3 is 5.97 Å². The van der Waals surface area contributed by atoms with Crippen LogP contribution in [0.5, 0.6) is 5.75 Å². The molecule has 0 aliphatic rings. The number of ether oxygens (including phenoxy) is 1. The van der Waals surface area contributed by atoms with Gasteiger partial charge in [0.25, 0.3) is 0 Å². The molecular formula is C18H12ClN3O2. The summed E-state index contributed by atoms with van der Waals surface area (Å²) in [5.41, 5.74) is 1.39. The van der Waals surface area contributed by atoms with Crippen molar-refractivity contribution in [3.05, 3.63) is 71.1 Å². The van der Waals surface area contributed by atoms with Gasteiger partial charge in [-0.15, -0.1) is 0 Å². The zero-order chi connectivity index (χ0) is 16.7. The standard InChI is InChI=1S/C18H12ClN3O2/c1-11-16(17-20-9-4-10-22(17)21-11)18(23)24-15-8-7-14(19)12-5-2-3-6-13(12)15/h2-10H,1H3. The summed E-state index contributed by atoms with van der Waals surface area (Å²) in [4.78, 5) is 16.9.